The summed E-state index contributed by atoms with van der Waals surface area (Å²) in [6, 6.07) is 9.09. The van der Waals surface area contributed by atoms with Gasteiger partial charge in [0.2, 0.25) is 0 Å². The summed E-state index contributed by atoms with van der Waals surface area (Å²) >= 11 is 0. The van der Waals surface area contributed by atoms with Crippen LogP contribution >= 0.6 is 0 Å². The molecule has 3 rings (SSSR count). The van der Waals surface area contributed by atoms with Crippen molar-refractivity contribution < 1.29 is 14.3 Å². The van der Waals surface area contributed by atoms with Gasteiger partial charge in [0.15, 0.2) is 6.10 Å². The van der Waals surface area contributed by atoms with Gasteiger partial charge >= 0.3 is 5.97 Å². The first-order valence-electron chi connectivity index (χ1n) is 7.67. The number of ether oxygens (including phenoxy) is 1. The lowest BCUT2D eigenvalue weighted by Crippen LogP contribution is -2.37. The largest absolute Gasteiger partial charge is 0.449 e. The Morgan fingerprint density at radius 1 is 1.26 bits per heavy atom. The lowest BCUT2D eigenvalue weighted by atomic mass is 10.2. The maximum absolute atomic E-state index is 12.1. The number of nitrogens with one attached hydrogen (secondary N) is 1. The van der Waals surface area contributed by atoms with Gasteiger partial charge in [0.1, 0.15) is 0 Å². The molecule has 1 saturated carbocycles. The zero-order valence-corrected chi connectivity index (χ0v) is 13.2. The number of nitrogens with zero attached hydrogens (tertiary/aromatic N) is 2. The molecule has 1 unspecified atom stereocenters. The van der Waals surface area contributed by atoms with E-state index in [4.69, 9.17) is 4.74 Å². The van der Waals surface area contributed by atoms with Crippen LogP contribution in [-0.4, -0.2) is 33.8 Å². The van der Waals surface area contributed by atoms with Crippen LogP contribution in [0.3, 0.4) is 0 Å². The van der Waals surface area contributed by atoms with Crippen LogP contribution in [0, 0.1) is 6.92 Å². The van der Waals surface area contributed by atoms with E-state index in [1.54, 1.807) is 42.1 Å². The van der Waals surface area contributed by atoms with Crippen molar-refractivity contribution in [1.82, 2.24) is 15.1 Å². The summed E-state index contributed by atoms with van der Waals surface area (Å²) in [6.45, 7) is 3.53. The molecular weight excluding hydrogens is 294 g/mol. The van der Waals surface area contributed by atoms with E-state index in [0.717, 1.165) is 24.2 Å². The molecule has 1 heterocycles. The number of aromatic nitrogens is 2. The van der Waals surface area contributed by atoms with Gasteiger partial charge in [0, 0.05) is 17.9 Å². The summed E-state index contributed by atoms with van der Waals surface area (Å²) in [7, 11) is 0. The topological polar surface area (TPSA) is 73.2 Å². The smallest absolute Gasteiger partial charge is 0.338 e. The molecule has 1 N–H and O–H groups in total. The molecule has 120 valence electrons. The molecular formula is C17H19N3O3. The quantitative estimate of drug-likeness (QED) is 0.857. The van der Waals surface area contributed by atoms with Gasteiger partial charge in [0.05, 0.1) is 11.3 Å². The summed E-state index contributed by atoms with van der Waals surface area (Å²) in [4.78, 5) is 23.9. The zero-order valence-electron chi connectivity index (χ0n) is 13.2. The highest BCUT2D eigenvalue weighted by Gasteiger charge is 2.27. The van der Waals surface area contributed by atoms with E-state index in [0.29, 0.717) is 5.56 Å². The van der Waals surface area contributed by atoms with E-state index in [1.807, 2.05) is 13.0 Å². The molecule has 6 heteroatoms. The number of esters is 1. The van der Waals surface area contributed by atoms with Crippen LogP contribution in [0.25, 0.3) is 5.69 Å². The van der Waals surface area contributed by atoms with E-state index in [2.05, 4.69) is 10.4 Å². The van der Waals surface area contributed by atoms with Gasteiger partial charge < -0.3 is 10.1 Å². The first-order chi connectivity index (χ1) is 11.0. The number of hydrogen-bond acceptors (Lipinski definition) is 4. The number of amides is 1. The van der Waals surface area contributed by atoms with Gasteiger partial charge in [-0.1, -0.05) is 0 Å². The Hall–Kier alpha value is -2.63. The van der Waals surface area contributed by atoms with E-state index in [1.165, 1.54) is 0 Å². The van der Waals surface area contributed by atoms with Crippen LogP contribution in [0.15, 0.2) is 36.5 Å². The highest BCUT2D eigenvalue weighted by Crippen LogP contribution is 2.19. The number of rotatable bonds is 5. The molecule has 23 heavy (non-hydrogen) atoms. The van der Waals surface area contributed by atoms with Gasteiger partial charge in [-0.05, 0) is 57.0 Å². The molecule has 1 atom stereocenters. The molecule has 0 bridgehead atoms. The standard InChI is InChI=1S/C17H19N3O3/c1-11-9-10-18-20(11)15-7-3-13(4-8-15)17(22)23-12(2)16(21)19-14-5-6-14/h3-4,7-10,12,14H,5-6H2,1-2H3,(H,19,21). The van der Waals surface area contributed by atoms with Crippen LogP contribution in [0.2, 0.25) is 0 Å². The van der Waals surface area contributed by atoms with E-state index in [-0.39, 0.29) is 11.9 Å². The predicted octanol–water partition coefficient (Wildman–Crippen LogP) is 2.00. The maximum atomic E-state index is 12.1. The third-order valence-corrected chi connectivity index (χ3v) is 3.76. The molecule has 1 aromatic heterocycles. The Morgan fingerprint density at radius 2 is 1.96 bits per heavy atom. The van der Waals surface area contributed by atoms with Crippen molar-refractivity contribution in [2.45, 2.75) is 38.8 Å². The van der Waals surface area contributed by atoms with Crippen molar-refractivity contribution in [3.63, 3.8) is 0 Å². The third-order valence-electron chi connectivity index (χ3n) is 3.76. The fourth-order valence-electron chi connectivity index (χ4n) is 2.21. The Labute approximate surface area is 134 Å². The molecule has 1 aliphatic rings. The van der Waals surface area contributed by atoms with Crippen molar-refractivity contribution in [1.29, 1.82) is 0 Å². The normalized spacial score (nSPS) is 15.0. The fraction of sp³-hybridized carbons (Fsp3) is 0.353. The second kappa shape index (κ2) is 6.24. The first-order valence-corrected chi connectivity index (χ1v) is 7.67. The Bertz CT molecular complexity index is 717. The van der Waals surface area contributed by atoms with Crippen LogP contribution < -0.4 is 5.32 Å². The lowest BCUT2D eigenvalue weighted by molar-refractivity contribution is -0.129. The van der Waals surface area contributed by atoms with Crippen molar-refractivity contribution in [3.8, 4) is 5.69 Å². The second-order valence-electron chi connectivity index (χ2n) is 5.76. The van der Waals surface area contributed by atoms with Crippen LogP contribution in [0.1, 0.15) is 35.8 Å². The molecule has 0 aliphatic heterocycles. The molecule has 1 fully saturated rings. The van der Waals surface area contributed by atoms with Crippen LogP contribution in [0.4, 0.5) is 0 Å². The fourth-order valence-corrected chi connectivity index (χ4v) is 2.21. The zero-order chi connectivity index (χ0) is 16.4. The predicted molar refractivity (Wildman–Crippen MR) is 84.3 cm³/mol. The van der Waals surface area contributed by atoms with E-state index >= 15 is 0 Å². The van der Waals surface area contributed by atoms with Crippen molar-refractivity contribution in [2.75, 3.05) is 0 Å². The molecule has 0 saturated heterocycles. The lowest BCUT2D eigenvalue weighted by Gasteiger charge is -2.13. The van der Waals surface area contributed by atoms with Crippen LogP contribution in [-0.2, 0) is 9.53 Å². The highest BCUT2D eigenvalue weighted by molar-refractivity contribution is 5.92. The number of carbonyl (C=O) groups excluding carboxylic acids is 2. The average Bonchev–Trinajstić information content (AvgIpc) is 3.25. The number of carbonyl (C=O) groups is 2. The van der Waals surface area contributed by atoms with Gasteiger partial charge in [-0.15, -0.1) is 0 Å². The summed E-state index contributed by atoms with van der Waals surface area (Å²) in [5, 5.41) is 7.03. The minimum absolute atomic E-state index is 0.246. The number of aryl methyl sites for hydroxylation is 1. The summed E-state index contributed by atoms with van der Waals surface area (Å²) in [5.41, 5.74) is 2.28. The van der Waals surface area contributed by atoms with Crippen molar-refractivity contribution in [3.05, 3.63) is 47.8 Å². The second-order valence-corrected chi connectivity index (χ2v) is 5.76. The SMILES string of the molecule is Cc1ccnn1-c1ccc(C(=O)OC(C)C(=O)NC2CC2)cc1. The first kappa shape index (κ1) is 15.3. The molecule has 1 aliphatic carbocycles. The Kier molecular flexibility index (Phi) is 4.14. The summed E-state index contributed by atoms with van der Waals surface area (Å²) in [5.74, 6) is -0.753. The highest BCUT2D eigenvalue weighted by atomic mass is 16.5. The minimum Gasteiger partial charge on any atom is -0.449 e. The van der Waals surface area contributed by atoms with Gasteiger partial charge in [-0.3, -0.25) is 4.79 Å². The summed E-state index contributed by atoms with van der Waals surface area (Å²) < 4.78 is 6.99. The monoisotopic (exact) mass is 313 g/mol. The summed E-state index contributed by atoms with van der Waals surface area (Å²) in [6.07, 6.45) is 2.93. The molecule has 2 aromatic rings. The molecule has 1 aromatic carbocycles. The van der Waals surface area contributed by atoms with Crippen LogP contribution in [0.5, 0.6) is 0 Å². The van der Waals surface area contributed by atoms with Gasteiger partial charge in [-0.2, -0.15) is 5.10 Å². The molecule has 0 spiro atoms. The van der Waals surface area contributed by atoms with Crippen molar-refractivity contribution in [2.24, 2.45) is 0 Å². The maximum Gasteiger partial charge on any atom is 0.338 e. The van der Waals surface area contributed by atoms with Gasteiger partial charge in [-0.25, -0.2) is 9.48 Å². The third kappa shape index (κ3) is 3.59. The Balaban J connectivity index is 1.63. The van der Waals surface area contributed by atoms with E-state index < -0.39 is 12.1 Å². The molecule has 0 radical (unpaired) electrons. The average molecular weight is 313 g/mol. The molecule has 6 nitrogen and oxygen atoms in total. The van der Waals surface area contributed by atoms with E-state index in [9.17, 15) is 9.59 Å². The molecule has 1 amide bonds. The minimum atomic E-state index is -0.795. The number of hydrogen-bond donors (Lipinski definition) is 1. The van der Waals surface area contributed by atoms with Crippen molar-refractivity contribution >= 4 is 11.9 Å². The number of benzene rings is 1. The van der Waals surface area contributed by atoms with Gasteiger partial charge in [0.25, 0.3) is 5.91 Å². The Morgan fingerprint density at radius 3 is 2.52 bits per heavy atom.